The number of nitrogens with one attached hydrogen (secondary N) is 1. The number of cyclic esters (lactones) is 1. The first-order valence-electron chi connectivity index (χ1n) is 10.2. The molecular weight excluding hydrogens is 403 g/mol. The minimum Gasteiger partial charge on any atom is -0.442 e. The average molecular weight is 428 g/mol. The van der Waals surface area contributed by atoms with Crippen LogP contribution < -0.4 is 20.0 Å². The predicted molar refractivity (Wildman–Crippen MR) is 114 cm³/mol. The minimum absolute atomic E-state index is 0.195. The smallest absolute Gasteiger partial charge is 0.414 e. The number of rotatable bonds is 5. The molecule has 0 bridgehead atoms. The highest BCUT2D eigenvalue weighted by molar-refractivity contribution is 5.90. The Morgan fingerprint density at radius 3 is 2.65 bits per heavy atom. The summed E-state index contributed by atoms with van der Waals surface area (Å²) in [6.45, 7) is 6.50. The normalized spacial score (nSPS) is 18.9. The van der Waals surface area contributed by atoms with Crippen LogP contribution in [0.25, 0.3) is 0 Å². The third-order valence-electron chi connectivity index (χ3n) is 5.40. The maximum Gasteiger partial charge on any atom is 0.414 e. The number of ether oxygens (including phenoxy) is 1. The van der Waals surface area contributed by atoms with Gasteiger partial charge in [0.2, 0.25) is 5.91 Å². The molecule has 2 aromatic rings. The molecule has 10 heteroatoms. The quantitative estimate of drug-likeness (QED) is 0.775. The summed E-state index contributed by atoms with van der Waals surface area (Å²) in [7, 11) is 0. The highest BCUT2D eigenvalue weighted by Gasteiger charge is 2.33. The lowest BCUT2D eigenvalue weighted by molar-refractivity contribution is -0.119. The van der Waals surface area contributed by atoms with Crippen molar-refractivity contribution >= 4 is 29.2 Å². The molecule has 0 spiro atoms. The van der Waals surface area contributed by atoms with Crippen molar-refractivity contribution in [1.82, 2.24) is 15.3 Å². The van der Waals surface area contributed by atoms with Crippen molar-refractivity contribution in [3.05, 3.63) is 42.1 Å². The van der Waals surface area contributed by atoms with Crippen molar-refractivity contribution in [2.75, 3.05) is 54.0 Å². The molecule has 1 aromatic carbocycles. The Labute approximate surface area is 179 Å². The summed E-state index contributed by atoms with van der Waals surface area (Å²) in [5.41, 5.74) is 0.941. The number of anilines is 3. The van der Waals surface area contributed by atoms with E-state index in [9.17, 15) is 14.0 Å². The molecule has 0 aliphatic carbocycles. The molecule has 3 heterocycles. The molecular formula is C21H25FN6O3. The number of amides is 2. The summed E-state index contributed by atoms with van der Waals surface area (Å²) >= 11 is 0. The van der Waals surface area contributed by atoms with E-state index in [2.05, 4.69) is 20.2 Å². The van der Waals surface area contributed by atoms with Gasteiger partial charge in [0.15, 0.2) is 0 Å². The monoisotopic (exact) mass is 428 g/mol. The van der Waals surface area contributed by atoms with Crippen molar-refractivity contribution in [3.8, 4) is 0 Å². The first-order chi connectivity index (χ1) is 14.9. The Kier molecular flexibility index (Phi) is 5.88. The molecule has 9 nitrogen and oxygen atoms in total. The second kappa shape index (κ2) is 8.75. The van der Waals surface area contributed by atoms with Gasteiger partial charge in [0.05, 0.1) is 24.5 Å². The number of benzene rings is 1. The van der Waals surface area contributed by atoms with Crippen LogP contribution in [-0.4, -0.2) is 67.3 Å². The highest BCUT2D eigenvalue weighted by atomic mass is 19.1. The molecule has 164 valence electrons. The third-order valence-corrected chi connectivity index (χ3v) is 5.40. The lowest BCUT2D eigenvalue weighted by Crippen LogP contribution is -2.47. The molecule has 2 amide bonds. The number of hydrogen-bond donors (Lipinski definition) is 1. The molecule has 0 saturated carbocycles. The largest absolute Gasteiger partial charge is 0.442 e. The molecule has 4 rings (SSSR count). The van der Waals surface area contributed by atoms with E-state index >= 15 is 0 Å². The van der Waals surface area contributed by atoms with Crippen molar-refractivity contribution < 1.29 is 18.7 Å². The first kappa shape index (κ1) is 20.8. The molecule has 0 radical (unpaired) electrons. The standard InChI is InChI=1S/C21H25FN6O3/c1-14-23-6-5-20(25-14)27-9-7-26(8-10-27)19-4-3-16(11-18(19)22)28-13-17(31-21(28)30)12-24-15(2)29/h3-6,11,17H,7-10,12-13H2,1-2H3,(H,24,29)/t17-/m0/s1. The van der Waals surface area contributed by atoms with E-state index in [1.807, 2.05) is 17.9 Å². The maximum atomic E-state index is 14.9. The van der Waals surface area contributed by atoms with Gasteiger partial charge >= 0.3 is 6.09 Å². The van der Waals surface area contributed by atoms with E-state index in [1.165, 1.54) is 17.9 Å². The Balaban J connectivity index is 1.39. The van der Waals surface area contributed by atoms with Crippen LogP contribution in [0.4, 0.5) is 26.4 Å². The van der Waals surface area contributed by atoms with Crippen LogP contribution in [0.2, 0.25) is 0 Å². The summed E-state index contributed by atoms with van der Waals surface area (Å²) in [5, 5.41) is 2.63. The van der Waals surface area contributed by atoms with Gasteiger partial charge in [-0.05, 0) is 31.2 Å². The van der Waals surface area contributed by atoms with Gasteiger partial charge in [-0.1, -0.05) is 0 Å². The van der Waals surface area contributed by atoms with Gasteiger partial charge in [-0.3, -0.25) is 9.69 Å². The van der Waals surface area contributed by atoms with Gasteiger partial charge in [-0.15, -0.1) is 0 Å². The predicted octanol–water partition coefficient (Wildman–Crippen LogP) is 1.71. The molecule has 0 unspecified atom stereocenters. The second-order valence-corrected chi connectivity index (χ2v) is 7.63. The summed E-state index contributed by atoms with van der Waals surface area (Å²) in [5.74, 6) is 1.02. The van der Waals surface area contributed by atoms with Gasteiger partial charge in [0.1, 0.15) is 23.6 Å². The van der Waals surface area contributed by atoms with Crippen molar-refractivity contribution in [3.63, 3.8) is 0 Å². The maximum absolute atomic E-state index is 14.9. The number of aromatic nitrogens is 2. The Morgan fingerprint density at radius 2 is 1.97 bits per heavy atom. The average Bonchev–Trinajstić information content (AvgIpc) is 3.13. The first-order valence-corrected chi connectivity index (χ1v) is 10.2. The summed E-state index contributed by atoms with van der Waals surface area (Å²) in [6.07, 6.45) is 0.737. The van der Waals surface area contributed by atoms with Crippen LogP contribution >= 0.6 is 0 Å². The van der Waals surface area contributed by atoms with E-state index in [1.54, 1.807) is 18.3 Å². The van der Waals surface area contributed by atoms with E-state index in [4.69, 9.17) is 4.74 Å². The van der Waals surface area contributed by atoms with Crippen molar-refractivity contribution in [2.45, 2.75) is 20.0 Å². The summed E-state index contributed by atoms with van der Waals surface area (Å²) in [6, 6.07) is 6.66. The van der Waals surface area contributed by atoms with Crippen LogP contribution in [-0.2, 0) is 9.53 Å². The number of halogens is 1. The number of carbonyl (C=O) groups excluding carboxylic acids is 2. The zero-order valence-corrected chi connectivity index (χ0v) is 17.5. The van der Waals surface area contributed by atoms with Crippen LogP contribution in [0, 0.1) is 12.7 Å². The molecule has 2 saturated heterocycles. The van der Waals surface area contributed by atoms with Gasteiger partial charge in [0, 0.05) is 39.3 Å². The lowest BCUT2D eigenvalue weighted by Gasteiger charge is -2.37. The molecule has 1 N–H and O–H groups in total. The lowest BCUT2D eigenvalue weighted by atomic mass is 10.2. The molecule has 1 atom stereocenters. The van der Waals surface area contributed by atoms with E-state index < -0.39 is 12.2 Å². The molecule has 2 fully saturated rings. The van der Waals surface area contributed by atoms with Crippen molar-refractivity contribution in [1.29, 1.82) is 0 Å². The summed E-state index contributed by atoms with van der Waals surface area (Å²) < 4.78 is 20.2. The van der Waals surface area contributed by atoms with Crippen LogP contribution in [0.15, 0.2) is 30.5 Å². The Morgan fingerprint density at radius 1 is 1.23 bits per heavy atom. The van der Waals surface area contributed by atoms with E-state index in [0.29, 0.717) is 24.5 Å². The third kappa shape index (κ3) is 4.68. The summed E-state index contributed by atoms with van der Waals surface area (Å²) in [4.78, 5) is 37.3. The zero-order valence-electron chi connectivity index (χ0n) is 17.5. The number of carbonyl (C=O) groups is 2. The number of aryl methyl sites for hydroxylation is 1. The molecule has 2 aliphatic rings. The topological polar surface area (TPSA) is 90.9 Å². The Hall–Kier alpha value is -3.43. The van der Waals surface area contributed by atoms with Crippen LogP contribution in [0.3, 0.4) is 0 Å². The second-order valence-electron chi connectivity index (χ2n) is 7.63. The SMILES string of the molecule is CC(=O)NC[C@H]1CN(c2ccc(N3CCN(c4ccnc(C)n4)CC3)c(F)c2)C(=O)O1. The van der Waals surface area contributed by atoms with Gasteiger partial charge < -0.3 is 19.9 Å². The van der Waals surface area contributed by atoms with Gasteiger partial charge in [0.25, 0.3) is 0 Å². The van der Waals surface area contributed by atoms with Gasteiger partial charge in [-0.2, -0.15) is 0 Å². The zero-order chi connectivity index (χ0) is 22.0. The molecule has 31 heavy (non-hydrogen) atoms. The molecule has 2 aliphatic heterocycles. The van der Waals surface area contributed by atoms with Crippen molar-refractivity contribution in [2.24, 2.45) is 0 Å². The minimum atomic E-state index is -0.545. The fourth-order valence-electron chi connectivity index (χ4n) is 3.81. The van der Waals surface area contributed by atoms with E-state index in [-0.39, 0.29) is 24.8 Å². The van der Waals surface area contributed by atoms with Crippen LogP contribution in [0.5, 0.6) is 0 Å². The number of hydrogen-bond acceptors (Lipinski definition) is 7. The molecule has 1 aromatic heterocycles. The highest BCUT2D eigenvalue weighted by Crippen LogP contribution is 2.29. The van der Waals surface area contributed by atoms with E-state index in [0.717, 1.165) is 24.7 Å². The van der Waals surface area contributed by atoms with Gasteiger partial charge in [-0.25, -0.2) is 19.2 Å². The Bertz CT molecular complexity index is 979. The fraction of sp³-hybridized carbons (Fsp3) is 0.429. The number of nitrogens with zero attached hydrogens (tertiary/aromatic N) is 5. The van der Waals surface area contributed by atoms with Crippen LogP contribution in [0.1, 0.15) is 12.7 Å². The fourth-order valence-corrected chi connectivity index (χ4v) is 3.81. The number of piperazine rings is 1.